The fraction of sp³-hybridized carbons (Fsp3) is 0.846. The summed E-state index contributed by atoms with van der Waals surface area (Å²) >= 11 is 0. The minimum atomic E-state index is -0.457. The Hall–Kier alpha value is -1.30. The van der Waals surface area contributed by atoms with Crippen LogP contribution in [0.3, 0.4) is 0 Å². The Morgan fingerprint density at radius 2 is 1.95 bits per heavy atom. The number of likely N-dealkylation sites (N-methyl/N-ethyl adjacent to an activating group) is 2. The van der Waals surface area contributed by atoms with Crippen LogP contribution in [0.15, 0.2) is 0 Å². The molecule has 1 rings (SSSR count). The molecule has 0 aromatic carbocycles. The van der Waals surface area contributed by atoms with E-state index in [-0.39, 0.29) is 12.0 Å². The summed E-state index contributed by atoms with van der Waals surface area (Å²) in [4.78, 5) is 26.7. The normalized spacial score (nSPS) is 15.9. The molecule has 6 nitrogen and oxygen atoms in total. The second-order valence-corrected chi connectivity index (χ2v) is 6.06. The van der Waals surface area contributed by atoms with Crippen molar-refractivity contribution in [1.82, 2.24) is 15.1 Å². The standard InChI is InChI=1S/C13H25N3O3/c1-13(2,3)19-12(18)16-8-10(9-16)7-15(5)11(17)6-14-4/h10,14H,6-9H2,1-5H3. The molecular formula is C13H25N3O3. The molecule has 0 aliphatic carbocycles. The Kier molecular flexibility index (Phi) is 5.17. The lowest BCUT2D eigenvalue weighted by molar-refractivity contribution is -0.130. The highest BCUT2D eigenvalue weighted by Gasteiger charge is 2.34. The third-order valence-electron chi connectivity index (χ3n) is 2.89. The van der Waals surface area contributed by atoms with E-state index in [0.29, 0.717) is 32.1 Å². The SMILES string of the molecule is CNCC(=O)N(C)CC1CN(C(=O)OC(C)(C)C)C1. The van der Waals surface area contributed by atoms with Crippen LogP contribution in [0.5, 0.6) is 0 Å². The first kappa shape index (κ1) is 15.8. The summed E-state index contributed by atoms with van der Waals surface area (Å²) in [6.07, 6.45) is -0.270. The molecule has 0 aromatic heterocycles. The summed E-state index contributed by atoms with van der Waals surface area (Å²) in [5.74, 6) is 0.413. The molecule has 1 saturated heterocycles. The smallest absolute Gasteiger partial charge is 0.410 e. The quantitative estimate of drug-likeness (QED) is 0.810. The third kappa shape index (κ3) is 5.06. The largest absolute Gasteiger partial charge is 0.444 e. The number of nitrogens with one attached hydrogen (secondary N) is 1. The first-order valence-corrected chi connectivity index (χ1v) is 6.59. The first-order chi connectivity index (χ1) is 8.73. The molecule has 0 unspecified atom stereocenters. The van der Waals surface area contributed by atoms with Crippen molar-refractivity contribution in [3.8, 4) is 0 Å². The van der Waals surface area contributed by atoms with Gasteiger partial charge < -0.3 is 19.9 Å². The van der Waals surface area contributed by atoms with Crippen molar-refractivity contribution in [2.45, 2.75) is 26.4 Å². The van der Waals surface area contributed by atoms with Crippen LogP contribution in [-0.2, 0) is 9.53 Å². The van der Waals surface area contributed by atoms with Gasteiger partial charge in [0.1, 0.15) is 5.60 Å². The molecule has 110 valence electrons. The van der Waals surface area contributed by atoms with Crippen molar-refractivity contribution < 1.29 is 14.3 Å². The van der Waals surface area contributed by atoms with E-state index in [2.05, 4.69) is 5.32 Å². The average molecular weight is 271 g/mol. The van der Waals surface area contributed by atoms with Crippen molar-refractivity contribution in [1.29, 1.82) is 0 Å². The van der Waals surface area contributed by atoms with Gasteiger partial charge in [-0.2, -0.15) is 0 Å². The van der Waals surface area contributed by atoms with Crippen molar-refractivity contribution in [2.24, 2.45) is 5.92 Å². The molecule has 0 radical (unpaired) electrons. The van der Waals surface area contributed by atoms with Crippen molar-refractivity contribution in [3.05, 3.63) is 0 Å². The molecule has 0 spiro atoms. The van der Waals surface area contributed by atoms with Gasteiger partial charge in [-0.15, -0.1) is 0 Å². The topological polar surface area (TPSA) is 61.9 Å². The van der Waals surface area contributed by atoms with Crippen molar-refractivity contribution in [2.75, 3.05) is 40.3 Å². The maximum absolute atomic E-state index is 11.7. The number of hydrogen-bond donors (Lipinski definition) is 1. The number of rotatable bonds is 4. The predicted octanol–water partition coefficient (Wildman–Crippen LogP) is 0.531. The Morgan fingerprint density at radius 3 is 2.42 bits per heavy atom. The fourth-order valence-corrected chi connectivity index (χ4v) is 1.94. The molecule has 19 heavy (non-hydrogen) atoms. The van der Waals surface area contributed by atoms with Gasteiger partial charge in [0.15, 0.2) is 0 Å². The van der Waals surface area contributed by atoms with Gasteiger partial charge in [0, 0.05) is 32.6 Å². The minimum absolute atomic E-state index is 0.0678. The first-order valence-electron chi connectivity index (χ1n) is 6.59. The van der Waals surface area contributed by atoms with E-state index in [9.17, 15) is 9.59 Å². The summed E-state index contributed by atoms with van der Waals surface area (Å²) in [5, 5.41) is 2.83. The zero-order chi connectivity index (χ0) is 14.6. The van der Waals surface area contributed by atoms with E-state index < -0.39 is 5.60 Å². The third-order valence-corrected chi connectivity index (χ3v) is 2.89. The lowest BCUT2D eigenvalue weighted by Gasteiger charge is -2.41. The Balaban J connectivity index is 2.27. The summed E-state index contributed by atoms with van der Waals surface area (Å²) < 4.78 is 5.28. The van der Waals surface area contributed by atoms with Crippen molar-refractivity contribution in [3.63, 3.8) is 0 Å². The second kappa shape index (κ2) is 6.23. The number of amides is 2. The summed E-state index contributed by atoms with van der Waals surface area (Å²) in [6, 6.07) is 0. The van der Waals surface area contributed by atoms with Gasteiger partial charge in [-0.3, -0.25) is 4.79 Å². The molecule has 0 atom stereocenters. The Labute approximate surface area is 115 Å². The maximum atomic E-state index is 11.7. The van der Waals surface area contributed by atoms with Crippen LogP contribution in [0.1, 0.15) is 20.8 Å². The van der Waals surface area contributed by atoms with Gasteiger partial charge in [-0.25, -0.2) is 4.79 Å². The van der Waals surface area contributed by atoms with Crippen LogP contribution in [-0.4, -0.2) is 67.7 Å². The summed E-state index contributed by atoms with van der Waals surface area (Å²) in [7, 11) is 3.54. The van der Waals surface area contributed by atoms with Gasteiger partial charge >= 0.3 is 6.09 Å². The molecular weight excluding hydrogens is 246 g/mol. The average Bonchev–Trinajstić information content (AvgIpc) is 2.19. The molecule has 6 heteroatoms. The van der Waals surface area contributed by atoms with E-state index in [1.165, 1.54) is 0 Å². The van der Waals surface area contributed by atoms with Gasteiger partial charge in [0.25, 0.3) is 0 Å². The number of nitrogens with zero attached hydrogens (tertiary/aromatic N) is 2. The number of carbonyl (C=O) groups excluding carboxylic acids is 2. The lowest BCUT2D eigenvalue weighted by Crippen LogP contribution is -2.55. The molecule has 1 heterocycles. The zero-order valence-corrected chi connectivity index (χ0v) is 12.5. The molecule has 0 aromatic rings. The molecule has 0 saturated carbocycles. The summed E-state index contributed by atoms with van der Waals surface area (Å²) in [6.45, 7) is 7.90. The fourth-order valence-electron chi connectivity index (χ4n) is 1.94. The van der Waals surface area contributed by atoms with Crippen LogP contribution in [0.4, 0.5) is 4.79 Å². The Morgan fingerprint density at radius 1 is 1.37 bits per heavy atom. The molecule has 1 fully saturated rings. The molecule has 2 amide bonds. The van der Waals surface area contributed by atoms with Crippen molar-refractivity contribution >= 4 is 12.0 Å². The highest BCUT2D eigenvalue weighted by molar-refractivity contribution is 5.78. The van der Waals surface area contributed by atoms with Crippen LogP contribution in [0.2, 0.25) is 0 Å². The predicted molar refractivity (Wildman–Crippen MR) is 72.9 cm³/mol. The molecule has 1 N–H and O–H groups in total. The van der Waals surface area contributed by atoms with Crippen LogP contribution in [0.25, 0.3) is 0 Å². The van der Waals surface area contributed by atoms with Gasteiger partial charge in [-0.05, 0) is 27.8 Å². The van der Waals surface area contributed by atoms with E-state index in [1.54, 1.807) is 23.9 Å². The number of hydrogen-bond acceptors (Lipinski definition) is 4. The van der Waals surface area contributed by atoms with E-state index in [0.717, 1.165) is 0 Å². The summed E-state index contributed by atoms with van der Waals surface area (Å²) in [5.41, 5.74) is -0.457. The molecule has 0 bridgehead atoms. The number of carbonyl (C=O) groups is 2. The van der Waals surface area contributed by atoms with Gasteiger partial charge in [0.2, 0.25) is 5.91 Å². The maximum Gasteiger partial charge on any atom is 0.410 e. The molecule has 1 aliphatic heterocycles. The van der Waals surface area contributed by atoms with Crippen LogP contribution < -0.4 is 5.32 Å². The molecule has 1 aliphatic rings. The van der Waals surface area contributed by atoms with Gasteiger partial charge in [0.05, 0.1) is 6.54 Å². The highest BCUT2D eigenvalue weighted by atomic mass is 16.6. The van der Waals surface area contributed by atoms with Crippen LogP contribution in [0, 0.1) is 5.92 Å². The minimum Gasteiger partial charge on any atom is -0.444 e. The number of ether oxygens (including phenoxy) is 1. The lowest BCUT2D eigenvalue weighted by atomic mass is 10.0. The highest BCUT2D eigenvalue weighted by Crippen LogP contribution is 2.20. The zero-order valence-electron chi connectivity index (χ0n) is 12.5. The van der Waals surface area contributed by atoms with E-state index in [4.69, 9.17) is 4.74 Å². The second-order valence-electron chi connectivity index (χ2n) is 6.06. The van der Waals surface area contributed by atoms with Gasteiger partial charge in [-0.1, -0.05) is 0 Å². The van der Waals surface area contributed by atoms with Crippen LogP contribution >= 0.6 is 0 Å². The van der Waals surface area contributed by atoms with E-state index in [1.807, 2.05) is 20.8 Å². The number of likely N-dealkylation sites (tertiary alicyclic amines) is 1. The Bertz CT molecular complexity index is 333. The van der Waals surface area contributed by atoms with E-state index >= 15 is 0 Å². The monoisotopic (exact) mass is 271 g/mol.